The minimum Gasteiger partial charge on any atom is -0.288 e. The number of hydrogen-bond acceptors (Lipinski definition) is 3. The Labute approximate surface area is 162 Å². The Morgan fingerprint density at radius 1 is 0.923 bits per heavy atom. The molecule has 2 aliphatic rings. The van der Waals surface area contributed by atoms with E-state index in [1.807, 2.05) is 31.2 Å². The number of urea groups is 1. The lowest BCUT2D eigenvalue weighted by Gasteiger charge is -2.23. The minimum absolute atomic E-state index is 0.0465. The quantitative estimate of drug-likeness (QED) is 0.704. The van der Waals surface area contributed by atoms with Crippen LogP contribution < -0.4 is 9.80 Å². The first-order valence-corrected chi connectivity index (χ1v) is 10.7. The largest absolute Gasteiger partial charge is 0.329 e. The summed E-state index contributed by atoms with van der Waals surface area (Å²) in [4.78, 5) is 16.3. The maximum Gasteiger partial charge on any atom is 0.329 e. The fourth-order valence-electron chi connectivity index (χ4n) is 3.72. The molecule has 0 aliphatic carbocycles. The van der Waals surface area contributed by atoms with Crippen LogP contribution in [0.25, 0.3) is 0 Å². The van der Waals surface area contributed by atoms with Crippen molar-refractivity contribution in [1.29, 1.82) is 0 Å². The highest BCUT2D eigenvalue weighted by Gasteiger charge is 2.54. The molecule has 0 aromatic heterocycles. The number of sulfone groups is 1. The van der Waals surface area contributed by atoms with E-state index < -0.39 is 21.9 Å². The lowest BCUT2D eigenvalue weighted by atomic mass is 10.1. The molecular weight excluding hydrogens is 395 g/mol. The van der Waals surface area contributed by atoms with Gasteiger partial charge in [0.25, 0.3) is 0 Å². The van der Waals surface area contributed by atoms with Crippen LogP contribution in [0.3, 0.4) is 0 Å². The van der Waals surface area contributed by atoms with E-state index in [2.05, 4.69) is 0 Å². The molecular formula is C18H16Cl2N2O3S. The summed E-state index contributed by atoms with van der Waals surface area (Å²) in [5, 5.41) is 0.705. The van der Waals surface area contributed by atoms with Gasteiger partial charge < -0.3 is 0 Å². The summed E-state index contributed by atoms with van der Waals surface area (Å²) in [6.07, 6.45) is 0. The highest BCUT2D eigenvalue weighted by atomic mass is 35.5. The zero-order valence-corrected chi connectivity index (χ0v) is 16.2. The number of anilines is 2. The number of benzene rings is 2. The van der Waals surface area contributed by atoms with E-state index in [0.717, 1.165) is 5.56 Å². The number of halogens is 2. The first kappa shape index (κ1) is 17.6. The summed E-state index contributed by atoms with van der Waals surface area (Å²) >= 11 is 12.1. The second-order valence-electron chi connectivity index (χ2n) is 6.67. The Morgan fingerprint density at radius 3 is 2.12 bits per heavy atom. The molecule has 26 heavy (non-hydrogen) atoms. The van der Waals surface area contributed by atoms with Crippen LogP contribution >= 0.6 is 23.2 Å². The summed E-state index contributed by atoms with van der Waals surface area (Å²) in [6.45, 7) is 1.93. The molecule has 0 N–H and O–H groups in total. The number of fused-ring (bicyclic) bond motifs is 1. The molecule has 5 nitrogen and oxygen atoms in total. The highest BCUT2D eigenvalue weighted by molar-refractivity contribution is 7.91. The molecule has 136 valence electrons. The van der Waals surface area contributed by atoms with E-state index in [9.17, 15) is 13.2 Å². The Bertz CT molecular complexity index is 1010. The molecule has 0 unspecified atom stereocenters. The molecule has 2 aromatic carbocycles. The van der Waals surface area contributed by atoms with E-state index in [0.29, 0.717) is 21.4 Å². The number of hydrogen-bond donors (Lipinski definition) is 0. The van der Waals surface area contributed by atoms with Gasteiger partial charge in [-0.05, 0) is 42.8 Å². The zero-order chi connectivity index (χ0) is 18.6. The maximum atomic E-state index is 13.2. The van der Waals surface area contributed by atoms with E-state index in [1.54, 1.807) is 23.1 Å². The van der Waals surface area contributed by atoms with Gasteiger partial charge in [-0.3, -0.25) is 9.80 Å². The van der Waals surface area contributed by atoms with Gasteiger partial charge in [0.1, 0.15) is 0 Å². The van der Waals surface area contributed by atoms with E-state index in [-0.39, 0.29) is 17.5 Å². The van der Waals surface area contributed by atoms with Gasteiger partial charge in [0.2, 0.25) is 0 Å². The second-order valence-corrected chi connectivity index (χ2v) is 9.64. The molecule has 8 heteroatoms. The number of amides is 2. The average molecular weight is 411 g/mol. The standard InChI is InChI=1S/C18H16Cl2N2O3S/c1-11-3-2-4-12(7-11)21-16-9-26(24,25)10-17(16)22(18(21)23)13-5-6-14(19)15(20)8-13/h2-8,16-17H,9-10H2,1H3/t16-,17-/m1/s1. The minimum atomic E-state index is -3.23. The molecule has 2 aliphatic heterocycles. The highest BCUT2D eigenvalue weighted by Crippen LogP contribution is 2.39. The number of rotatable bonds is 2. The molecule has 2 aromatic rings. The van der Waals surface area contributed by atoms with Crippen molar-refractivity contribution < 1.29 is 13.2 Å². The van der Waals surface area contributed by atoms with Gasteiger partial charge in [-0.1, -0.05) is 35.3 Å². The lowest BCUT2D eigenvalue weighted by Crippen LogP contribution is -2.37. The summed E-state index contributed by atoms with van der Waals surface area (Å²) in [5.41, 5.74) is 2.25. The molecule has 2 heterocycles. The molecule has 2 saturated heterocycles. The van der Waals surface area contributed by atoms with Gasteiger partial charge in [-0.15, -0.1) is 0 Å². The fourth-order valence-corrected chi connectivity index (χ4v) is 5.93. The Balaban J connectivity index is 1.82. The molecule has 2 amide bonds. The third-order valence-electron chi connectivity index (χ3n) is 4.83. The Kier molecular flexibility index (Phi) is 4.17. The number of carbonyl (C=O) groups is 1. The van der Waals surface area contributed by atoms with Gasteiger partial charge in [0, 0.05) is 11.4 Å². The van der Waals surface area contributed by atoms with E-state index in [4.69, 9.17) is 23.2 Å². The molecule has 2 fully saturated rings. The van der Waals surface area contributed by atoms with E-state index >= 15 is 0 Å². The van der Waals surface area contributed by atoms with Gasteiger partial charge in [-0.2, -0.15) is 0 Å². The van der Waals surface area contributed by atoms with Gasteiger partial charge >= 0.3 is 6.03 Å². The van der Waals surface area contributed by atoms with Crippen molar-refractivity contribution in [3.63, 3.8) is 0 Å². The molecule has 4 rings (SSSR count). The number of nitrogens with zero attached hydrogens (tertiary/aromatic N) is 2. The first-order valence-electron chi connectivity index (χ1n) is 8.11. The lowest BCUT2D eigenvalue weighted by molar-refractivity contribution is 0.255. The summed E-state index contributed by atoms with van der Waals surface area (Å²) in [5.74, 6) is -0.110. The summed E-state index contributed by atoms with van der Waals surface area (Å²) < 4.78 is 24.6. The zero-order valence-electron chi connectivity index (χ0n) is 13.9. The van der Waals surface area contributed by atoms with Crippen LogP contribution in [0.15, 0.2) is 42.5 Å². The van der Waals surface area contributed by atoms with Crippen molar-refractivity contribution in [2.24, 2.45) is 0 Å². The van der Waals surface area contributed by atoms with Crippen LogP contribution in [0, 0.1) is 6.92 Å². The van der Waals surface area contributed by atoms with Gasteiger partial charge in [0.05, 0.1) is 33.6 Å². The Hall–Kier alpha value is -1.76. The Morgan fingerprint density at radius 2 is 1.54 bits per heavy atom. The molecule has 0 radical (unpaired) electrons. The maximum absolute atomic E-state index is 13.2. The third-order valence-corrected chi connectivity index (χ3v) is 7.27. The fraction of sp³-hybridized carbons (Fsp3) is 0.278. The third kappa shape index (κ3) is 2.86. The van der Waals surface area contributed by atoms with Crippen molar-refractivity contribution in [2.45, 2.75) is 19.0 Å². The molecule has 2 atom stereocenters. The SMILES string of the molecule is Cc1cccc(N2C(=O)N(c3ccc(Cl)c(Cl)c3)[C@@H]3CS(=O)(=O)C[C@H]32)c1. The topological polar surface area (TPSA) is 57.7 Å². The van der Waals surface area contributed by atoms with Crippen LogP contribution in [-0.2, 0) is 9.84 Å². The van der Waals surface area contributed by atoms with Crippen molar-refractivity contribution in [1.82, 2.24) is 0 Å². The van der Waals surface area contributed by atoms with Crippen LogP contribution in [0.4, 0.5) is 16.2 Å². The average Bonchev–Trinajstić information content (AvgIpc) is 2.99. The number of aryl methyl sites for hydroxylation is 1. The van der Waals surface area contributed by atoms with Gasteiger partial charge in [-0.25, -0.2) is 13.2 Å². The van der Waals surface area contributed by atoms with Crippen LogP contribution in [-0.4, -0.2) is 38.0 Å². The van der Waals surface area contributed by atoms with Crippen molar-refractivity contribution in [3.05, 3.63) is 58.1 Å². The van der Waals surface area contributed by atoms with Crippen LogP contribution in [0.2, 0.25) is 10.0 Å². The van der Waals surface area contributed by atoms with Crippen LogP contribution in [0.5, 0.6) is 0 Å². The van der Waals surface area contributed by atoms with Crippen molar-refractivity contribution in [2.75, 3.05) is 21.3 Å². The summed E-state index contributed by atoms with van der Waals surface area (Å²) in [6, 6.07) is 11.3. The van der Waals surface area contributed by atoms with Gasteiger partial charge in [0.15, 0.2) is 9.84 Å². The predicted octanol–water partition coefficient (Wildman–Crippen LogP) is 3.91. The molecule has 0 bridgehead atoms. The smallest absolute Gasteiger partial charge is 0.288 e. The van der Waals surface area contributed by atoms with Crippen LogP contribution in [0.1, 0.15) is 5.56 Å². The summed E-state index contributed by atoms with van der Waals surface area (Å²) in [7, 11) is -3.23. The molecule has 0 saturated carbocycles. The first-order chi connectivity index (χ1) is 12.3. The number of carbonyl (C=O) groups excluding carboxylic acids is 1. The second kappa shape index (κ2) is 6.15. The normalized spacial score (nSPS) is 24.2. The van der Waals surface area contributed by atoms with E-state index in [1.165, 1.54) is 4.90 Å². The molecule has 0 spiro atoms. The van der Waals surface area contributed by atoms with Crippen molar-refractivity contribution >= 4 is 50.4 Å². The monoisotopic (exact) mass is 410 g/mol. The predicted molar refractivity (Wildman–Crippen MR) is 104 cm³/mol. The van der Waals surface area contributed by atoms with Crippen molar-refractivity contribution in [3.8, 4) is 0 Å².